The maximum absolute atomic E-state index is 12.8. The fraction of sp³-hybridized carbons (Fsp3) is 0.706. The summed E-state index contributed by atoms with van der Waals surface area (Å²) in [6, 6.07) is -1.67. The van der Waals surface area contributed by atoms with Gasteiger partial charge in [-0.25, -0.2) is 4.79 Å². The molecule has 3 aliphatic heterocycles. The molecule has 0 aromatic heterocycles. The van der Waals surface area contributed by atoms with Gasteiger partial charge in [0.2, 0.25) is 11.8 Å². The van der Waals surface area contributed by atoms with Gasteiger partial charge in [-0.2, -0.15) is 5.06 Å². The molecule has 9 heteroatoms. The average Bonchev–Trinajstić information content (AvgIpc) is 2.85. The zero-order chi connectivity index (χ0) is 19.8. The first-order chi connectivity index (χ1) is 11.7. The highest BCUT2D eigenvalue weighted by atomic mass is 32.2. The smallest absolute Gasteiger partial charge is 0.327 e. The van der Waals surface area contributed by atoms with Crippen LogP contribution in [-0.4, -0.2) is 71.3 Å². The quantitative estimate of drug-likeness (QED) is 0.619. The van der Waals surface area contributed by atoms with Gasteiger partial charge in [0.1, 0.15) is 17.5 Å². The van der Waals surface area contributed by atoms with E-state index in [0.29, 0.717) is 5.57 Å². The van der Waals surface area contributed by atoms with Gasteiger partial charge in [0, 0.05) is 10.3 Å². The molecule has 26 heavy (non-hydrogen) atoms. The highest BCUT2D eigenvalue weighted by molar-refractivity contribution is 8.01. The maximum atomic E-state index is 12.8. The van der Waals surface area contributed by atoms with Gasteiger partial charge in [0.05, 0.1) is 11.1 Å². The topological polar surface area (TPSA) is 110 Å². The van der Waals surface area contributed by atoms with Gasteiger partial charge >= 0.3 is 5.97 Å². The molecular formula is C17H25N3O5S. The van der Waals surface area contributed by atoms with E-state index in [-0.39, 0.29) is 5.91 Å². The summed E-state index contributed by atoms with van der Waals surface area (Å²) in [7, 11) is 0. The molecule has 8 nitrogen and oxygen atoms in total. The van der Waals surface area contributed by atoms with Crippen molar-refractivity contribution in [3.8, 4) is 0 Å². The van der Waals surface area contributed by atoms with Crippen LogP contribution in [-0.2, 0) is 14.4 Å². The van der Waals surface area contributed by atoms with E-state index in [0.717, 1.165) is 5.06 Å². The number of carbonyl (C=O) groups excluding carboxylic acids is 2. The highest BCUT2D eigenvalue weighted by Crippen LogP contribution is 2.51. The van der Waals surface area contributed by atoms with Crippen molar-refractivity contribution in [1.29, 1.82) is 0 Å². The number of carboxylic acids is 1. The second-order valence-electron chi connectivity index (χ2n) is 8.63. The van der Waals surface area contributed by atoms with Gasteiger partial charge in [-0.05, 0) is 41.5 Å². The zero-order valence-electron chi connectivity index (χ0n) is 15.7. The van der Waals surface area contributed by atoms with Gasteiger partial charge < -0.3 is 20.5 Å². The summed E-state index contributed by atoms with van der Waals surface area (Å²) in [6.45, 7) is 10.6. The third-order valence-corrected chi connectivity index (χ3v) is 7.01. The van der Waals surface area contributed by atoms with Crippen molar-refractivity contribution >= 4 is 29.5 Å². The molecule has 0 aromatic rings. The molecule has 0 bridgehead atoms. The number of fused-ring (bicyclic) bond motifs is 1. The number of hydroxylamine groups is 2. The van der Waals surface area contributed by atoms with Crippen LogP contribution < -0.4 is 5.32 Å². The molecule has 2 saturated heterocycles. The van der Waals surface area contributed by atoms with Crippen molar-refractivity contribution in [1.82, 2.24) is 15.3 Å². The number of aliphatic carboxylic acids is 1. The Labute approximate surface area is 156 Å². The molecule has 3 rings (SSSR count). The monoisotopic (exact) mass is 383 g/mol. The summed E-state index contributed by atoms with van der Waals surface area (Å²) in [5, 5.41) is 23.2. The van der Waals surface area contributed by atoms with Gasteiger partial charge in [-0.1, -0.05) is 6.08 Å². The zero-order valence-corrected chi connectivity index (χ0v) is 16.5. The number of amides is 2. The van der Waals surface area contributed by atoms with E-state index in [2.05, 4.69) is 5.32 Å². The summed E-state index contributed by atoms with van der Waals surface area (Å²) in [5.41, 5.74) is -1.22. The fourth-order valence-electron chi connectivity index (χ4n) is 4.13. The molecule has 0 saturated carbocycles. The Morgan fingerprint density at radius 3 is 2.23 bits per heavy atom. The van der Waals surface area contributed by atoms with Crippen molar-refractivity contribution in [2.45, 2.75) is 74.8 Å². The van der Waals surface area contributed by atoms with E-state index in [1.54, 1.807) is 47.6 Å². The van der Waals surface area contributed by atoms with Crippen LogP contribution in [0.1, 0.15) is 41.5 Å². The lowest BCUT2D eigenvalue weighted by molar-refractivity contribution is -0.186. The van der Waals surface area contributed by atoms with E-state index in [1.807, 2.05) is 0 Å². The summed E-state index contributed by atoms with van der Waals surface area (Å²) >= 11 is 1.38. The Morgan fingerprint density at radius 2 is 1.77 bits per heavy atom. The third kappa shape index (κ3) is 2.48. The second-order valence-corrected chi connectivity index (χ2v) is 10.4. The summed E-state index contributed by atoms with van der Waals surface area (Å²) in [6.07, 6.45) is 1.69. The van der Waals surface area contributed by atoms with Gasteiger partial charge in [-0.15, -0.1) is 11.8 Å². The number of thioether (sulfide) groups is 1. The number of hydrogen-bond acceptors (Lipinski definition) is 6. The number of nitrogens with zero attached hydrogens (tertiary/aromatic N) is 2. The lowest BCUT2D eigenvalue weighted by Gasteiger charge is -2.44. The Balaban J connectivity index is 1.79. The first-order valence-corrected chi connectivity index (χ1v) is 9.36. The number of carboxylic acid groups (broad SMARTS) is 1. The Hall–Kier alpha value is -1.58. The predicted octanol–water partition coefficient (Wildman–Crippen LogP) is 0.807. The molecule has 0 spiro atoms. The number of carbonyl (C=O) groups is 3. The molecule has 3 aliphatic rings. The Bertz CT molecular complexity index is 730. The van der Waals surface area contributed by atoms with Crippen LogP contribution in [0.3, 0.4) is 0 Å². The minimum atomic E-state index is -1.04. The summed E-state index contributed by atoms with van der Waals surface area (Å²) < 4.78 is -0.637. The lowest BCUT2D eigenvalue weighted by Crippen LogP contribution is -2.71. The Kier molecular flexibility index (Phi) is 4.03. The van der Waals surface area contributed by atoms with Crippen LogP contribution >= 0.6 is 11.8 Å². The van der Waals surface area contributed by atoms with Crippen molar-refractivity contribution in [3.63, 3.8) is 0 Å². The molecule has 144 valence electrons. The van der Waals surface area contributed by atoms with E-state index in [4.69, 9.17) is 0 Å². The molecule has 0 aromatic carbocycles. The second kappa shape index (κ2) is 5.46. The van der Waals surface area contributed by atoms with Crippen LogP contribution in [0.4, 0.5) is 0 Å². The predicted molar refractivity (Wildman–Crippen MR) is 95.5 cm³/mol. The van der Waals surface area contributed by atoms with Crippen LogP contribution in [0, 0.1) is 0 Å². The van der Waals surface area contributed by atoms with Gasteiger partial charge in [-0.3, -0.25) is 9.59 Å². The minimum Gasteiger partial charge on any atom is -0.480 e. The molecular weight excluding hydrogens is 358 g/mol. The molecule has 2 fully saturated rings. The minimum absolute atomic E-state index is 0.383. The van der Waals surface area contributed by atoms with Crippen LogP contribution in [0.2, 0.25) is 0 Å². The van der Waals surface area contributed by atoms with E-state index in [1.165, 1.54) is 16.7 Å². The van der Waals surface area contributed by atoms with Crippen molar-refractivity contribution in [2.75, 3.05) is 0 Å². The lowest BCUT2D eigenvalue weighted by atomic mass is 9.93. The molecule has 3 atom stereocenters. The van der Waals surface area contributed by atoms with Crippen molar-refractivity contribution in [3.05, 3.63) is 11.6 Å². The van der Waals surface area contributed by atoms with E-state index < -0.39 is 45.2 Å². The Morgan fingerprint density at radius 1 is 1.19 bits per heavy atom. The summed E-state index contributed by atoms with van der Waals surface area (Å²) in [5.74, 6) is -1.85. The molecule has 0 radical (unpaired) electrons. The molecule has 2 amide bonds. The largest absolute Gasteiger partial charge is 0.480 e. The molecule has 3 N–H and O–H groups in total. The standard InChI is InChI=1S/C17H25N3O5S/c1-15(2)7-8(16(3,4)20(15)25)11(21)18-9-12(22)19-10(14(23)24)17(5,6)26-13(9)19/h7,9-10,13,25H,1-6H3,(H,18,21)(H,23,24)/t9?,10-,13+/m0/s1. The summed E-state index contributed by atoms with van der Waals surface area (Å²) in [4.78, 5) is 38.2. The number of nitrogens with one attached hydrogen (secondary N) is 1. The normalized spacial score (nSPS) is 34.1. The van der Waals surface area contributed by atoms with Crippen molar-refractivity contribution in [2.24, 2.45) is 0 Å². The van der Waals surface area contributed by atoms with Gasteiger partial charge in [0.25, 0.3) is 0 Å². The van der Waals surface area contributed by atoms with Crippen LogP contribution in [0.15, 0.2) is 11.6 Å². The van der Waals surface area contributed by atoms with E-state index in [9.17, 15) is 24.7 Å². The maximum Gasteiger partial charge on any atom is 0.327 e. The highest BCUT2D eigenvalue weighted by Gasteiger charge is 2.64. The first-order valence-electron chi connectivity index (χ1n) is 8.48. The SMILES string of the molecule is CC1(C)S[C@@H]2C(NC(=O)C3=CC(C)(C)N(O)C3(C)C)C(=O)N2[C@H]1C(=O)O. The molecule has 1 unspecified atom stereocenters. The molecule has 3 heterocycles. The van der Waals surface area contributed by atoms with E-state index >= 15 is 0 Å². The number of hydrogen-bond donors (Lipinski definition) is 3. The van der Waals surface area contributed by atoms with Crippen LogP contribution in [0.5, 0.6) is 0 Å². The average molecular weight is 383 g/mol. The van der Waals surface area contributed by atoms with Crippen LogP contribution in [0.25, 0.3) is 0 Å². The number of rotatable bonds is 3. The number of β-lactam (4-membered cyclic amide) rings is 1. The first kappa shape index (κ1) is 19.2. The fourth-order valence-corrected chi connectivity index (χ4v) is 5.76. The van der Waals surface area contributed by atoms with Crippen molar-refractivity contribution < 1.29 is 24.7 Å². The third-order valence-electron chi connectivity index (χ3n) is 5.44. The van der Waals surface area contributed by atoms with Gasteiger partial charge in [0.15, 0.2) is 0 Å². The molecule has 0 aliphatic carbocycles.